The van der Waals surface area contributed by atoms with Gasteiger partial charge in [-0.15, -0.1) is 0 Å². The van der Waals surface area contributed by atoms with Gasteiger partial charge in [0.1, 0.15) is 0 Å². The van der Waals surface area contributed by atoms with Crippen molar-refractivity contribution in [2.75, 3.05) is 6.61 Å². The van der Waals surface area contributed by atoms with Crippen LogP contribution in [0.2, 0.25) is 0 Å². The maximum Gasteiger partial charge on any atom is 0.0822 e. The summed E-state index contributed by atoms with van der Waals surface area (Å²) in [5.74, 6) is 1.20. The van der Waals surface area contributed by atoms with E-state index >= 15 is 0 Å². The number of rotatable bonds is 0. The molecule has 0 aliphatic carbocycles. The van der Waals surface area contributed by atoms with E-state index in [1.165, 1.54) is 6.42 Å². The summed E-state index contributed by atoms with van der Waals surface area (Å²) in [7, 11) is 0. The molecule has 4 saturated heterocycles. The lowest BCUT2D eigenvalue weighted by atomic mass is 9.57. The van der Waals surface area contributed by atoms with Gasteiger partial charge in [-0.25, -0.2) is 0 Å². The highest BCUT2D eigenvalue weighted by Gasteiger charge is 2.72. The van der Waals surface area contributed by atoms with Gasteiger partial charge in [0.2, 0.25) is 0 Å². The quantitative estimate of drug-likeness (QED) is 0.613. The molecule has 0 radical (unpaired) electrons. The molecule has 0 amide bonds. The lowest BCUT2D eigenvalue weighted by molar-refractivity contribution is -0.0819. The Morgan fingerprint density at radius 3 is 2.56 bits per heavy atom. The van der Waals surface area contributed by atoms with E-state index in [2.05, 4.69) is 26.0 Å². The Morgan fingerprint density at radius 1 is 1.06 bits per heavy atom. The van der Waals surface area contributed by atoms with Crippen molar-refractivity contribution in [3.63, 3.8) is 0 Å². The van der Waals surface area contributed by atoms with Crippen LogP contribution in [0.25, 0.3) is 0 Å². The molecule has 7 atom stereocenters. The highest BCUT2D eigenvalue weighted by molar-refractivity contribution is 5.26. The lowest BCUT2D eigenvalue weighted by Crippen LogP contribution is -2.53. The van der Waals surface area contributed by atoms with Crippen LogP contribution in [-0.2, 0) is 14.2 Å². The van der Waals surface area contributed by atoms with Gasteiger partial charge in [0, 0.05) is 23.9 Å². The van der Waals surface area contributed by atoms with Gasteiger partial charge in [-0.3, -0.25) is 0 Å². The summed E-state index contributed by atoms with van der Waals surface area (Å²) in [5, 5.41) is 0. The van der Waals surface area contributed by atoms with Gasteiger partial charge in [-0.05, 0) is 26.7 Å². The van der Waals surface area contributed by atoms with E-state index in [0.717, 1.165) is 13.0 Å². The third kappa shape index (κ3) is 0.909. The fourth-order valence-corrected chi connectivity index (χ4v) is 5.49. The molecule has 0 N–H and O–H groups in total. The molecule has 7 unspecified atom stereocenters. The Balaban J connectivity index is 1.59. The molecule has 3 heteroatoms. The van der Waals surface area contributed by atoms with Crippen molar-refractivity contribution in [1.29, 1.82) is 0 Å². The Kier molecular flexibility index (Phi) is 1.66. The van der Waals surface area contributed by atoms with E-state index in [1.807, 2.05) is 0 Å². The van der Waals surface area contributed by atoms with Crippen LogP contribution in [0.4, 0.5) is 0 Å². The highest BCUT2D eigenvalue weighted by Crippen LogP contribution is 2.66. The summed E-state index contributed by atoms with van der Waals surface area (Å²) in [6.07, 6.45) is 8.23. The van der Waals surface area contributed by atoms with E-state index in [9.17, 15) is 0 Å². The third-order valence-electron chi connectivity index (χ3n) is 6.43. The molecule has 18 heavy (non-hydrogen) atoms. The molecule has 0 aromatic carbocycles. The molecule has 0 saturated carbocycles. The zero-order valence-corrected chi connectivity index (χ0v) is 11.0. The van der Waals surface area contributed by atoms with Crippen molar-refractivity contribution in [2.24, 2.45) is 17.3 Å². The Morgan fingerprint density at radius 2 is 1.83 bits per heavy atom. The smallest absolute Gasteiger partial charge is 0.0822 e. The second-order valence-electron chi connectivity index (χ2n) is 7.17. The summed E-state index contributed by atoms with van der Waals surface area (Å²) in [5.41, 5.74) is 0.198. The first-order valence-corrected chi connectivity index (χ1v) is 7.26. The van der Waals surface area contributed by atoms with E-state index < -0.39 is 0 Å². The van der Waals surface area contributed by atoms with E-state index in [-0.39, 0.29) is 11.0 Å². The standard InChI is InChI=1S/C15H20O3/c1-14(2)15(5-6-16-14)7-10-11-8-3-4-9(17-8)12(11)13(15)18-10/h3-4,8-13H,5-7H2,1-2H3. The molecule has 5 heterocycles. The van der Waals surface area contributed by atoms with Crippen molar-refractivity contribution in [3.05, 3.63) is 12.2 Å². The molecular weight excluding hydrogens is 228 g/mol. The van der Waals surface area contributed by atoms with Crippen LogP contribution >= 0.6 is 0 Å². The molecule has 4 fully saturated rings. The summed E-state index contributed by atoms with van der Waals surface area (Å²) in [4.78, 5) is 0. The fourth-order valence-electron chi connectivity index (χ4n) is 5.49. The van der Waals surface area contributed by atoms with Crippen LogP contribution in [0.5, 0.6) is 0 Å². The first-order chi connectivity index (χ1) is 8.62. The van der Waals surface area contributed by atoms with Crippen LogP contribution in [0, 0.1) is 17.3 Å². The van der Waals surface area contributed by atoms with Crippen LogP contribution in [0.3, 0.4) is 0 Å². The van der Waals surface area contributed by atoms with Gasteiger partial charge in [-0.1, -0.05) is 12.2 Å². The summed E-state index contributed by atoms with van der Waals surface area (Å²) in [6.45, 7) is 5.40. The number of ether oxygens (including phenoxy) is 3. The molecule has 0 aromatic heterocycles. The van der Waals surface area contributed by atoms with Gasteiger partial charge in [-0.2, -0.15) is 0 Å². The maximum atomic E-state index is 6.39. The summed E-state index contributed by atoms with van der Waals surface area (Å²) in [6, 6.07) is 0. The Labute approximate surface area is 107 Å². The second-order valence-corrected chi connectivity index (χ2v) is 7.17. The number of fused-ring (bicyclic) bond motifs is 10. The molecule has 4 bridgehead atoms. The van der Waals surface area contributed by atoms with E-state index in [1.54, 1.807) is 0 Å². The predicted molar refractivity (Wildman–Crippen MR) is 65.1 cm³/mol. The van der Waals surface area contributed by atoms with Gasteiger partial charge in [0.05, 0.1) is 30.0 Å². The molecule has 5 rings (SSSR count). The van der Waals surface area contributed by atoms with Gasteiger partial charge < -0.3 is 14.2 Å². The van der Waals surface area contributed by atoms with Crippen molar-refractivity contribution >= 4 is 0 Å². The van der Waals surface area contributed by atoms with Crippen LogP contribution in [0.15, 0.2) is 12.2 Å². The summed E-state index contributed by atoms with van der Waals surface area (Å²) >= 11 is 0. The topological polar surface area (TPSA) is 27.7 Å². The fraction of sp³-hybridized carbons (Fsp3) is 0.867. The second kappa shape index (κ2) is 2.87. The number of hydrogen-bond donors (Lipinski definition) is 0. The molecule has 98 valence electrons. The Bertz CT molecular complexity index is 443. The van der Waals surface area contributed by atoms with Crippen molar-refractivity contribution < 1.29 is 14.2 Å². The molecule has 1 spiro atoms. The maximum absolute atomic E-state index is 6.39. The zero-order valence-electron chi connectivity index (χ0n) is 11.0. The van der Waals surface area contributed by atoms with Crippen LogP contribution in [0.1, 0.15) is 26.7 Å². The molecule has 5 aliphatic heterocycles. The highest BCUT2D eigenvalue weighted by atomic mass is 16.6. The monoisotopic (exact) mass is 248 g/mol. The minimum atomic E-state index is -0.0388. The molecule has 0 aromatic rings. The molecule has 3 nitrogen and oxygen atoms in total. The largest absolute Gasteiger partial charge is 0.375 e. The average Bonchev–Trinajstić information content (AvgIpc) is 3.07. The number of hydrogen-bond acceptors (Lipinski definition) is 3. The average molecular weight is 248 g/mol. The third-order valence-corrected chi connectivity index (χ3v) is 6.43. The molecular formula is C15H20O3. The van der Waals surface area contributed by atoms with Crippen molar-refractivity contribution in [1.82, 2.24) is 0 Å². The minimum Gasteiger partial charge on any atom is -0.375 e. The van der Waals surface area contributed by atoms with E-state index in [0.29, 0.717) is 36.3 Å². The zero-order chi connectivity index (χ0) is 12.1. The first kappa shape index (κ1) is 10.4. The van der Waals surface area contributed by atoms with Gasteiger partial charge >= 0.3 is 0 Å². The predicted octanol–water partition coefficient (Wildman–Crippen LogP) is 1.91. The van der Waals surface area contributed by atoms with Crippen molar-refractivity contribution in [3.8, 4) is 0 Å². The SMILES string of the molecule is CC1(C)OCCC12CC1OC2C2C3C=CC(O3)C12. The van der Waals surface area contributed by atoms with Crippen LogP contribution < -0.4 is 0 Å². The normalized spacial score (nSPS) is 62.1. The lowest BCUT2D eigenvalue weighted by Gasteiger charge is -2.45. The summed E-state index contributed by atoms with van der Waals surface area (Å²) < 4.78 is 18.5. The minimum absolute atomic E-state index is 0.0388. The molecule has 5 aliphatic rings. The van der Waals surface area contributed by atoms with Gasteiger partial charge in [0.15, 0.2) is 0 Å². The van der Waals surface area contributed by atoms with Gasteiger partial charge in [0.25, 0.3) is 0 Å². The first-order valence-electron chi connectivity index (χ1n) is 7.26. The van der Waals surface area contributed by atoms with Crippen molar-refractivity contribution in [2.45, 2.75) is 56.7 Å². The van der Waals surface area contributed by atoms with Crippen LogP contribution in [-0.4, -0.2) is 36.6 Å². The van der Waals surface area contributed by atoms with E-state index in [4.69, 9.17) is 14.2 Å². The Hall–Kier alpha value is -0.380.